The number of carbonyl (C=O) groups excluding carboxylic acids is 2. The first-order valence-electron chi connectivity index (χ1n) is 5.70. The number of ether oxygens (including phenoxy) is 1. The van der Waals surface area contributed by atoms with Crippen molar-refractivity contribution in [3.05, 3.63) is 12.7 Å². The van der Waals surface area contributed by atoms with Gasteiger partial charge in [-0.15, -0.1) is 0 Å². The van der Waals surface area contributed by atoms with Gasteiger partial charge < -0.3 is 9.64 Å². The van der Waals surface area contributed by atoms with Crippen LogP contribution in [-0.2, 0) is 14.4 Å². The number of hydrogen-bond acceptors (Lipinski definition) is 4. The molecular weight excluding hydrogens is 224 g/mol. The van der Waals surface area contributed by atoms with E-state index in [1.165, 1.54) is 11.1 Å². The highest BCUT2D eigenvalue weighted by Crippen LogP contribution is 2.25. The Balaban J connectivity index is 1.81. The van der Waals surface area contributed by atoms with Crippen molar-refractivity contribution >= 4 is 12.0 Å². The number of hydrogen-bond donors (Lipinski definition) is 0. The van der Waals surface area contributed by atoms with Crippen LogP contribution in [0.5, 0.6) is 0 Å². The molecule has 1 atom stereocenters. The zero-order chi connectivity index (χ0) is 12.3. The molecule has 0 aliphatic carbocycles. The fourth-order valence-corrected chi connectivity index (χ4v) is 2.09. The molecule has 0 saturated carbocycles. The van der Waals surface area contributed by atoms with E-state index in [9.17, 15) is 9.59 Å². The Morgan fingerprint density at radius 1 is 1.59 bits per heavy atom. The van der Waals surface area contributed by atoms with Crippen molar-refractivity contribution in [3.8, 4) is 0 Å². The van der Waals surface area contributed by atoms with E-state index in [0.717, 1.165) is 19.4 Å². The standard InChI is InChI=1S/C11H16N2O4/c1-2-6-16-10(14)8-17-13-9-4-3-5-12(7-9)11(13)15/h2,9H,1,3-8H2. The summed E-state index contributed by atoms with van der Waals surface area (Å²) in [6, 6.07) is -0.0764. The number of nitrogens with zero attached hydrogens (tertiary/aromatic N) is 2. The summed E-state index contributed by atoms with van der Waals surface area (Å²) in [5.41, 5.74) is 0. The molecule has 0 aromatic carbocycles. The second-order valence-corrected chi connectivity index (χ2v) is 4.10. The first kappa shape index (κ1) is 11.9. The van der Waals surface area contributed by atoms with Crippen molar-refractivity contribution in [3.63, 3.8) is 0 Å². The monoisotopic (exact) mass is 240 g/mol. The molecule has 0 aromatic rings. The number of amides is 2. The van der Waals surface area contributed by atoms with E-state index < -0.39 is 5.97 Å². The first-order valence-corrected chi connectivity index (χ1v) is 5.70. The van der Waals surface area contributed by atoms with E-state index >= 15 is 0 Å². The third-order valence-corrected chi connectivity index (χ3v) is 2.87. The van der Waals surface area contributed by atoms with Gasteiger partial charge in [0.15, 0.2) is 6.61 Å². The maximum atomic E-state index is 11.8. The fourth-order valence-electron chi connectivity index (χ4n) is 2.09. The Bertz CT molecular complexity index is 331. The number of piperidine rings is 1. The van der Waals surface area contributed by atoms with E-state index in [0.29, 0.717) is 6.54 Å². The molecular formula is C11H16N2O4. The second-order valence-electron chi connectivity index (χ2n) is 4.10. The third-order valence-electron chi connectivity index (χ3n) is 2.87. The van der Waals surface area contributed by atoms with Gasteiger partial charge in [-0.1, -0.05) is 12.7 Å². The van der Waals surface area contributed by atoms with E-state index in [4.69, 9.17) is 9.57 Å². The summed E-state index contributed by atoms with van der Waals surface area (Å²) in [7, 11) is 0. The van der Waals surface area contributed by atoms with Crippen LogP contribution < -0.4 is 0 Å². The molecule has 6 heteroatoms. The number of fused-ring (bicyclic) bond motifs is 2. The predicted octanol–water partition coefficient (Wildman–Crippen LogP) is 0.547. The molecule has 2 saturated heterocycles. The summed E-state index contributed by atoms with van der Waals surface area (Å²) in [4.78, 5) is 29.9. The van der Waals surface area contributed by atoms with E-state index in [2.05, 4.69) is 6.58 Å². The number of esters is 1. The maximum absolute atomic E-state index is 11.8. The Morgan fingerprint density at radius 2 is 2.41 bits per heavy atom. The van der Waals surface area contributed by atoms with Crippen molar-refractivity contribution in [2.24, 2.45) is 0 Å². The first-order chi connectivity index (χ1) is 8.22. The number of rotatable bonds is 5. The van der Waals surface area contributed by atoms with Crippen LogP contribution in [0.25, 0.3) is 0 Å². The molecule has 2 fully saturated rings. The quantitative estimate of drug-likeness (QED) is 0.520. The number of carbonyl (C=O) groups is 2. The number of urea groups is 1. The Morgan fingerprint density at radius 3 is 3.12 bits per heavy atom. The lowest BCUT2D eigenvalue weighted by molar-refractivity contribution is -0.171. The maximum Gasteiger partial charge on any atom is 0.344 e. The van der Waals surface area contributed by atoms with Crippen LogP contribution in [0.4, 0.5) is 4.79 Å². The molecule has 0 aromatic heterocycles. The van der Waals surface area contributed by atoms with Crippen LogP contribution >= 0.6 is 0 Å². The lowest BCUT2D eigenvalue weighted by Gasteiger charge is -2.21. The van der Waals surface area contributed by atoms with Crippen molar-refractivity contribution in [1.82, 2.24) is 9.96 Å². The average Bonchev–Trinajstić information content (AvgIpc) is 2.56. The molecule has 2 aliphatic heterocycles. The van der Waals surface area contributed by atoms with Gasteiger partial charge in [0.2, 0.25) is 0 Å². The molecule has 94 valence electrons. The molecule has 6 nitrogen and oxygen atoms in total. The third kappa shape index (κ3) is 2.58. The van der Waals surface area contributed by atoms with E-state index in [1.54, 1.807) is 4.90 Å². The van der Waals surface area contributed by atoms with Crippen LogP contribution in [-0.4, -0.2) is 54.3 Å². The van der Waals surface area contributed by atoms with Gasteiger partial charge in [0.05, 0.1) is 6.04 Å². The van der Waals surface area contributed by atoms with Crippen LogP contribution in [0.2, 0.25) is 0 Å². The minimum Gasteiger partial charge on any atom is -0.460 e. The normalized spacial score (nSPS) is 22.8. The highest BCUT2D eigenvalue weighted by atomic mass is 16.7. The van der Waals surface area contributed by atoms with Gasteiger partial charge in [-0.2, -0.15) is 5.06 Å². The van der Waals surface area contributed by atoms with E-state index in [-0.39, 0.29) is 25.3 Å². The molecule has 1 unspecified atom stereocenters. The molecule has 17 heavy (non-hydrogen) atoms. The van der Waals surface area contributed by atoms with Gasteiger partial charge in [-0.05, 0) is 12.8 Å². The van der Waals surface area contributed by atoms with Crippen LogP contribution in [0.15, 0.2) is 12.7 Å². The minimum atomic E-state index is -0.492. The van der Waals surface area contributed by atoms with Crippen molar-refractivity contribution < 1.29 is 19.2 Å². The van der Waals surface area contributed by atoms with Gasteiger partial charge in [-0.25, -0.2) is 9.59 Å². The zero-order valence-corrected chi connectivity index (χ0v) is 9.63. The van der Waals surface area contributed by atoms with Gasteiger partial charge in [0.1, 0.15) is 6.61 Å². The highest BCUT2D eigenvalue weighted by molar-refractivity contribution is 5.77. The fraction of sp³-hybridized carbons (Fsp3) is 0.636. The summed E-state index contributed by atoms with van der Waals surface area (Å²) < 4.78 is 4.76. The summed E-state index contributed by atoms with van der Waals surface area (Å²) in [5.74, 6) is -0.492. The minimum absolute atomic E-state index is 0.0726. The highest BCUT2D eigenvalue weighted by Gasteiger charge is 2.41. The summed E-state index contributed by atoms with van der Waals surface area (Å²) in [6.07, 6.45) is 3.39. The van der Waals surface area contributed by atoms with Crippen molar-refractivity contribution in [2.45, 2.75) is 18.9 Å². The Hall–Kier alpha value is -1.56. The van der Waals surface area contributed by atoms with E-state index in [1.807, 2.05) is 0 Å². The SMILES string of the molecule is C=CCOC(=O)CON1C(=O)N2CCCC1C2. The lowest BCUT2D eigenvalue weighted by atomic mass is 10.1. The molecule has 0 spiro atoms. The molecule has 2 aliphatic rings. The largest absolute Gasteiger partial charge is 0.460 e. The van der Waals surface area contributed by atoms with Crippen molar-refractivity contribution in [1.29, 1.82) is 0 Å². The number of hydroxylamine groups is 2. The summed E-state index contributed by atoms with van der Waals surface area (Å²) >= 11 is 0. The van der Waals surface area contributed by atoms with Gasteiger partial charge in [0, 0.05) is 13.1 Å². The second kappa shape index (κ2) is 5.18. The molecule has 0 radical (unpaired) electrons. The molecule has 2 rings (SSSR count). The molecule has 2 bridgehead atoms. The average molecular weight is 240 g/mol. The zero-order valence-electron chi connectivity index (χ0n) is 9.63. The van der Waals surface area contributed by atoms with Crippen LogP contribution in [0.3, 0.4) is 0 Å². The molecule has 2 amide bonds. The van der Waals surface area contributed by atoms with Crippen LogP contribution in [0.1, 0.15) is 12.8 Å². The predicted molar refractivity (Wildman–Crippen MR) is 58.9 cm³/mol. The lowest BCUT2D eigenvalue weighted by Crippen LogP contribution is -2.35. The topological polar surface area (TPSA) is 59.1 Å². The van der Waals surface area contributed by atoms with Crippen molar-refractivity contribution in [2.75, 3.05) is 26.3 Å². The van der Waals surface area contributed by atoms with Gasteiger partial charge in [-0.3, -0.25) is 4.84 Å². The smallest absolute Gasteiger partial charge is 0.344 e. The summed E-state index contributed by atoms with van der Waals surface area (Å²) in [5, 5.41) is 1.31. The van der Waals surface area contributed by atoms with Gasteiger partial charge in [0.25, 0.3) is 0 Å². The molecule has 2 heterocycles. The summed E-state index contributed by atoms with van der Waals surface area (Å²) in [6.45, 7) is 4.83. The van der Waals surface area contributed by atoms with Crippen LogP contribution in [0, 0.1) is 0 Å². The molecule has 0 N–H and O–H groups in total. The Kier molecular flexibility index (Phi) is 3.63. The van der Waals surface area contributed by atoms with Gasteiger partial charge >= 0.3 is 12.0 Å². The Labute approximate surface area is 99.7 Å².